The first-order valence-electron chi connectivity index (χ1n) is 4.52. The van der Waals surface area contributed by atoms with Gasteiger partial charge < -0.3 is 9.47 Å². The molecule has 0 amide bonds. The maximum atomic E-state index is 10.4. The predicted octanol–water partition coefficient (Wildman–Crippen LogP) is 1.89. The van der Waals surface area contributed by atoms with Crippen molar-refractivity contribution in [3.63, 3.8) is 0 Å². The van der Waals surface area contributed by atoms with Crippen LogP contribution in [0.3, 0.4) is 0 Å². The van der Waals surface area contributed by atoms with Crippen molar-refractivity contribution >= 4 is 25.0 Å². The van der Waals surface area contributed by atoms with Gasteiger partial charge in [-0.2, -0.15) is 0 Å². The fourth-order valence-corrected chi connectivity index (χ4v) is 1.29. The highest BCUT2D eigenvalue weighted by molar-refractivity contribution is 7.85. The minimum absolute atomic E-state index is 0.106. The molecule has 0 N–H and O–H groups in total. The van der Waals surface area contributed by atoms with Gasteiger partial charge in [-0.1, -0.05) is 12.1 Å². The van der Waals surface area contributed by atoms with Crippen LogP contribution in [-0.4, -0.2) is 19.2 Å². The van der Waals surface area contributed by atoms with Crippen molar-refractivity contribution in [2.45, 2.75) is 6.29 Å². The Kier molecular flexibility index (Phi) is 3.08. The van der Waals surface area contributed by atoms with Crippen LogP contribution in [0, 0.1) is 0 Å². The molecule has 0 saturated carbocycles. The number of aldehydes is 1. The molecule has 15 heavy (non-hydrogen) atoms. The zero-order chi connectivity index (χ0) is 10.7. The van der Waals surface area contributed by atoms with Crippen molar-refractivity contribution in [3.05, 3.63) is 34.7 Å². The van der Waals surface area contributed by atoms with Gasteiger partial charge in [0.15, 0.2) is 6.29 Å². The van der Waals surface area contributed by atoms with E-state index in [0.29, 0.717) is 17.8 Å². The number of ether oxygens (including phenoxy) is 2. The summed E-state index contributed by atoms with van der Waals surface area (Å²) in [6.45, 7) is 0.645. The molecule has 1 saturated heterocycles. The molecular formula is C11H10O3S. The third-order valence-corrected chi connectivity index (χ3v) is 2.10. The van der Waals surface area contributed by atoms with Gasteiger partial charge in [-0.25, -0.2) is 0 Å². The van der Waals surface area contributed by atoms with Crippen LogP contribution in [0.4, 0.5) is 0 Å². The minimum Gasteiger partial charge on any atom is -0.462 e. The van der Waals surface area contributed by atoms with E-state index >= 15 is 0 Å². The fraction of sp³-hybridized carbons (Fsp3) is 0.182. The van der Waals surface area contributed by atoms with Crippen molar-refractivity contribution in [2.75, 3.05) is 6.61 Å². The number of benzene rings is 1. The molecule has 1 unspecified atom stereocenters. The van der Waals surface area contributed by atoms with Gasteiger partial charge in [-0.15, -0.1) is 12.6 Å². The second-order valence-electron chi connectivity index (χ2n) is 3.14. The van der Waals surface area contributed by atoms with Gasteiger partial charge in [0.1, 0.15) is 12.4 Å². The highest BCUT2D eigenvalue weighted by atomic mass is 32.1. The first-order chi connectivity index (χ1) is 7.28. The zero-order valence-electron chi connectivity index (χ0n) is 7.92. The Labute approximate surface area is 93.1 Å². The normalized spacial score (nSPS) is 19.8. The van der Waals surface area contributed by atoms with Crippen LogP contribution in [0.2, 0.25) is 0 Å². The van der Waals surface area contributed by atoms with E-state index in [2.05, 4.69) is 12.6 Å². The van der Waals surface area contributed by atoms with Gasteiger partial charge in [0.2, 0.25) is 6.29 Å². The highest BCUT2D eigenvalue weighted by Crippen LogP contribution is 2.21. The third-order valence-electron chi connectivity index (χ3n) is 1.86. The van der Waals surface area contributed by atoms with Gasteiger partial charge in [0.05, 0.1) is 0 Å². The lowest BCUT2D eigenvalue weighted by molar-refractivity contribution is -0.104. The molecule has 1 fully saturated rings. The Balaban J connectivity index is 2.13. The summed E-state index contributed by atoms with van der Waals surface area (Å²) in [4.78, 5) is 10.8. The number of rotatable bonds is 4. The molecule has 1 atom stereocenters. The molecule has 78 valence electrons. The summed E-state index contributed by atoms with van der Waals surface area (Å²) >= 11 is 3.99. The maximum Gasteiger partial charge on any atom is 0.223 e. The van der Waals surface area contributed by atoms with E-state index in [1.165, 1.54) is 0 Å². The molecule has 1 aromatic rings. The minimum atomic E-state index is -0.106. The molecule has 1 aromatic carbocycles. The molecule has 1 aliphatic heterocycles. The monoisotopic (exact) mass is 222 g/mol. The zero-order valence-corrected chi connectivity index (χ0v) is 8.81. The topological polar surface area (TPSA) is 38.8 Å². The standard InChI is InChI=1S/C11H10O3S/c12-6-10(15)5-8-2-1-3-9(4-8)14-11-7-13-11/h1-6,11,15H,7H2/b10-5+. The molecule has 1 aliphatic rings. The molecule has 2 rings (SSSR count). The predicted molar refractivity (Wildman–Crippen MR) is 59.8 cm³/mol. The summed E-state index contributed by atoms with van der Waals surface area (Å²) in [5, 5.41) is 0. The number of hydrogen-bond acceptors (Lipinski definition) is 4. The third kappa shape index (κ3) is 3.11. The number of carbonyl (C=O) groups excluding carboxylic acids is 1. The van der Waals surface area contributed by atoms with Gasteiger partial charge in [-0.3, -0.25) is 4.79 Å². The van der Waals surface area contributed by atoms with Gasteiger partial charge in [0.25, 0.3) is 0 Å². The van der Waals surface area contributed by atoms with Crippen LogP contribution in [0.1, 0.15) is 5.56 Å². The average Bonchev–Trinajstić information content (AvgIpc) is 3.02. The van der Waals surface area contributed by atoms with E-state index < -0.39 is 0 Å². The summed E-state index contributed by atoms with van der Waals surface area (Å²) in [6.07, 6.45) is 2.27. The number of allylic oxidation sites excluding steroid dienone is 1. The number of thiol groups is 1. The van der Waals surface area contributed by atoms with E-state index in [4.69, 9.17) is 9.47 Å². The molecule has 0 spiro atoms. The van der Waals surface area contributed by atoms with Gasteiger partial charge in [-0.05, 0) is 23.8 Å². The van der Waals surface area contributed by atoms with E-state index in [1.807, 2.05) is 24.3 Å². The van der Waals surface area contributed by atoms with E-state index in [9.17, 15) is 4.79 Å². The van der Waals surface area contributed by atoms with Crippen molar-refractivity contribution < 1.29 is 14.3 Å². The Bertz CT molecular complexity index is 397. The SMILES string of the molecule is O=C/C(S)=C\c1cccc(OC2CO2)c1. The smallest absolute Gasteiger partial charge is 0.223 e. The molecule has 3 nitrogen and oxygen atoms in total. The van der Waals surface area contributed by atoms with Crippen molar-refractivity contribution in [1.29, 1.82) is 0 Å². The summed E-state index contributed by atoms with van der Waals surface area (Å²) < 4.78 is 10.4. The molecule has 0 radical (unpaired) electrons. The number of carbonyl (C=O) groups is 1. The fourth-order valence-electron chi connectivity index (χ4n) is 1.14. The van der Waals surface area contributed by atoms with Crippen molar-refractivity contribution in [2.24, 2.45) is 0 Å². The first kappa shape index (κ1) is 10.3. The molecule has 0 aliphatic carbocycles. The van der Waals surface area contributed by atoms with Crippen molar-refractivity contribution in [1.82, 2.24) is 0 Å². The largest absolute Gasteiger partial charge is 0.462 e. The molecular weight excluding hydrogens is 212 g/mol. The van der Waals surface area contributed by atoms with Crippen LogP contribution in [0.25, 0.3) is 6.08 Å². The number of hydrogen-bond donors (Lipinski definition) is 1. The summed E-state index contributed by atoms with van der Waals surface area (Å²) in [7, 11) is 0. The summed E-state index contributed by atoms with van der Waals surface area (Å²) in [6, 6.07) is 7.41. The molecule has 1 heterocycles. The quantitative estimate of drug-likeness (QED) is 0.366. The van der Waals surface area contributed by atoms with Gasteiger partial charge >= 0.3 is 0 Å². The van der Waals surface area contributed by atoms with Crippen LogP contribution in [0.5, 0.6) is 5.75 Å². The lowest BCUT2D eigenvalue weighted by Gasteiger charge is -2.02. The lowest BCUT2D eigenvalue weighted by Crippen LogP contribution is -1.97. The van der Waals surface area contributed by atoms with Crippen LogP contribution < -0.4 is 4.74 Å². The highest BCUT2D eigenvalue weighted by Gasteiger charge is 2.24. The first-order valence-corrected chi connectivity index (χ1v) is 4.97. The molecule has 0 bridgehead atoms. The average molecular weight is 222 g/mol. The lowest BCUT2D eigenvalue weighted by atomic mass is 10.2. The Morgan fingerprint density at radius 1 is 1.60 bits per heavy atom. The van der Waals surface area contributed by atoms with E-state index in [-0.39, 0.29) is 6.29 Å². The van der Waals surface area contributed by atoms with Crippen molar-refractivity contribution in [3.8, 4) is 5.75 Å². The Morgan fingerprint density at radius 3 is 3.07 bits per heavy atom. The van der Waals surface area contributed by atoms with Gasteiger partial charge in [0, 0.05) is 4.91 Å². The summed E-state index contributed by atoms with van der Waals surface area (Å²) in [5.74, 6) is 0.735. The van der Waals surface area contributed by atoms with Crippen LogP contribution in [0.15, 0.2) is 29.2 Å². The molecule has 0 aromatic heterocycles. The second kappa shape index (κ2) is 4.51. The number of epoxide rings is 1. The Hall–Kier alpha value is -1.26. The Morgan fingerprint density at radius 2 is 2.40 bits per heavy atom. The summed E-state index contributed by atoms with van der Waals surface area (Å²) in [5.41, 5.74) is 0.880. The van der Waals surface area contributed by atoms with E-state index in [0.717, 1.165) is 11.3 Å². The van der Waals surface area contributed by atoms with Crippen LogP contribution >= 0.6 is 12.6 Å². The second-order valence-corrected chi connectivity index (χ2v) is 3.66. The van der Waals surface area contributed by atoms with Crippen LogP contribution in [-0.2, 0) is 9.53 Å². The maximum absolute atomic E-state index is 10.4. The van der Waals surface area contributed by atoms with E-state index in [1.54, 1.807) is 6.08 Å². The molecule has 4 heteroatoms.